The van der Waals surface area contributed by atoms with Gasteiger partial charge in [-0.2, -0.15) is 0 Å². The number of aromatic nitrogens is 2. The molecule has 1 aromatic carbocycles. The van der Waals surface area contributed by atoms with Crippen LogP contribution in [0.5, 0.6) is 0 Å². The molecule has 1 atom stereocenters. The molecular weight excluding hydrogens is 491 g/mol. The van der Waals surface area contributed by atoms with Gasteiger partial charge in [0.25, 0.3) is 5.56 Å². The van der Waals surface area contributed by atoms with Gasteiger partial charge in [0.2, 0.25) is 5.91 Å². The van der Waals surface area contributed by atoms with Crippen LogP contribution in [0, 0.1) is 0 Å². The zero-order valence-corrected chi connectivity index (χ0v) is 20.3. The number of aromatic amines is 1. The van der Waals surface area contributed by atoms with Gasteiger partial charge in [0.05, 0.1) is 35.1 Å². The molecule has 0 saturated carbocycles. The Hall–Kier alpha value is -2.11. The zero-order chi connectivity index (χ0) is 23.8. The van der Waals surface area contributed by atoms with Crippen molar-refractivity contribution in [2.45, 2.75) is 24.7 Å². The highest BCUT2D eigenvalue weighted by molar-refractivity contribution is 7.99. The SMILES string of the molecule is CCOC(=O)c1cnc(SCC(=O)NCC2CN(Cc3ccc(Cl)c(Cl)c3)CCO2)[nH]c1=O. The maximum atomic E-state index is 12.2. The van der Waals surface area contributed by atoms with Crippen molar-refractivity contribution < 1.29 is 19.1 Å². The van der Waals surface area contributed by atoms with E-state index in [0.717, 1.165) is 30.1 Å². The van der Waals surface area contributed by atoms with Crippen molar-refractivity contribution in [3.63, 3.8) is 0 Å². The van der Waals surface area contributed by atoms with Crippen molar-refractivity contribution >= 4 is 46.8 Å². The summed E-state index contributed by atoms with van der Waals surface area (Å²) in [7, 11) is 0. The molecule has 0 spiro atoms. The molecule has 1 aromatic heterocycles. The third-order valence-corrected chi connectivity index (χ3v) is 6.38. The van der Waals surface area contributed by atoms with E-state index in [9.17, 15) is 14.4 Å². The lowest BCUT2D eigenvalue weighted by atomic mass is 10.2. The summed E-state index contributed by atoms with van der Waals surface area (Å²) >= 11 is 13.1. The predicted molar refractivity (Wildman–Crippen MR) is 126 cm³/mol. The second kappa shape index (κ2) is 12.4. The van der Waals surface area contributed by atoms with E-state index in [1.807, 2.05) is 12.1 Å². The molecule has 0 bridgehead atoms. The number of hydrogen-bond acceptors (Lipinski definition) is 8. The number of nitrogens with zero attached hydrogens (tertiary/aromatic N) is 2. The highest BCUT2D eigenvalue weighted by Crippen LogP contribution is 2.23. The third kappa shape index (κ3) is 7.72. The van der Waals surface area contributed by atoms with Crippen molar-refractivity contribution in [1.29, 1.82) is 0 Å². The highest BCUT2D eigenvalue weighted by atomic mass is 35.5. The molecule has 1 fully saturated rings. The Morgan fingerprint density at radius 2 is 2.18 bits per heavy atom. The summed E-state index contributed by atoms with van der Waals surface area (Å²) in [5.74, 6) is -0.898. The first kappa shape index (κ1) is 25.5. The van der Waals surface area contributed by atoms with Crippen LogP contribution in [0.15, 0.2) is 34.3 Å². The minimum absolute atomic E-state index is 0.0569. The molecule has 33 heavy (non-hydrogen) atoms. The van der Waals surface area contributed by atoms with Gasteiger partial charge in [-0.3, -0.25) is 14.5 Å². The number of carbonyl (C=O) groups is 2. The van der Waals surface area contributed by atoms with E-state index in [1.54, 1.807) is 13.0 Å². The first-order valence-corrected chi connectivity index (χ1v) is 12.0. The summed E-state index contributed by atoms with van der Waals surface area (Å²) in [5.41, 5.74) is 0.274. The maximum absolute atomic E-state index is 12.2. The van der Waals surface area contributed by atoms with Crippen LogP contribution in [-0.2, 0) is 20.8 Å². The summed E-state index contributed by atoms with van der Waals surface area (Å²) in [6.45, 7) is 4.89. The van der Waals surface area contributed by atoms with Crippen molar-refractivity contribution in [2.75, 3.05) is 38.6 Å². The summed E-state index contributed by atoms with van der Waals surface area (Å²) in [4.78, 5) is 44.6. The van der Waals surface area contributed by atoms with Gasteiger partial charge >= 0.3 is 5.97 Å². The van der Waals surface area contributed by atoms with Gasteiger partial charge in [-0.1, -0.05) is 41.0 Å². The quantitative estimate of drug-likeness (QED) is 0.297. The first-order chi connectivity index (χ1) is 15.9. The normalized spacial score (nSPS) is 16.4. The summed E-state index contributed by atoms with van der Waals surface area (Å²) in [6, 6.07) is 5.57. The van der Waals surface area contributed by atoms with Crippen LogP contribution in [0.1, 0.15) is 22.8 Å². The van der Waals surface area contributed by atoms with E-state index in [1.165, 1.54) is 0 Å². The van der Waals surface area contributed by atoms with Gasteiger partial charge in [0.15, 0.2) is 5.16 Å². The van der Waals surface area contributed by atoms with E-state index in [4.69, 9.17) is 32.7 Å². The molecule has 2 N–H and O–H groups in total. The van der Waals surface area contributed by atoms with Gasteiger partial charge in [-0.15, -0.1) is 0 Å². The van der Waals surface area contributed by atoms with Crippen molar-refractivity contribution in [2.24, 2.45) is 0 Å². The molecule has 1 amide bonds. The number of halogens is 2. The van der Waals surface area contributed by atoms with E-state index in [0.29, 0.717) is 36.3 Å². The molecule has 2 heterocycles. The molecule has 0 aliphatic carbocycles. The summed E-state index contributed by atoms with van der Waals surface area (Å²) in [5, 5.41) is 4.13. The minimum Gasteiger partial charge on any atom is -0.462 e. The average Bonchev–Trinajstić information content (AvgIpc) is 2.79. The molecule has 178 valence electrons. The fourth-order valence-corrected chi connectivity index (χ4v) is 4.15. The number of rotatable bonds is 9. The van der Waals surface area contributed by atoms with Gasteiger partial charge in [-0.05, 0) is 24.6 Å². The van der Waals surface area contributed by atoms with Crippen molar-refractivity contribution in [3.05, 3.63) is 55.9 Å². The number of nitrogens with one attached hydrogen (secondary N) is 2. The predicted octanol–water partition coefficient (Wildman–Crippen LogP) is 2.36. The van der Waals surface area contributed by atoms with Crippen LogP contribution in [0.3, 0.4) is 0 Å². The van der Waals surface area contributed by atoms with E-state index < -0.39 is 11.5 Å². The van der Waals surface area contributed by atoms with E-state index in [-0.39, 0.29) is 35.1 Å². The van der Waals surface area contributed by atoms with Gasteiger partial charge in [0, 0.05) is 32.4 Å². The van der Waals surface area contributed by atoms with Gasteiger partial charge in [0.1, 0.15) is 5.56 Å². The molecule has 1 unspecified atom stereocenters. The standard InChI is InChI=1S/C21H24Cl2N4O5S/c1-2-31-20(30)15-9-25-21(26-19(15)29)33-12-18(28)24-8-14-11-27(5-6-32-14)10-13-3-4-16(22)17(23)7-13/h3-4,7,9,14H,2,5-6,8,10-12H2,1H3,(H,24,28)(H,25,26,29). The summed E-state index contributed by atoms with van der Waals surface area (Å²) in [6.07, 6.45) is 1.01. The lowest BCUT2D eigenvalue weighted by Gasteiger charge is -2.33. The maximum Gasteiger partial charge on any atom is 0.345 e. The molecule has 9 nitrogen and oxygen atoms in total. The third-order valence-electron chi connectivity index (χ3n) is 4.75. The molecule has 3 rings (SSSR count). The van der Waals surface area contributed by atoms with Crippen LogP contribution in [0.25, 0.3) is 0 Å². The minimum atomic E-state index is -0.735. The number of carbonyl (C=O) groups excluding carboxylic acids is 2. The lowest BCUT2D eigenvalue weighted by Crippen LogP contribution is -2.47. The topological polar surface area (TPSA) is 114 Å². The number of thioether (sulfide) groups is 1. The fourth-order valence-electron chi connectivity index (χ4n) is 3.16. The van der Waals surface area contributed by atoms with Gasteiger partial charge in [-0.25, -0.2) is 9.78 Å². The average molecular weight is 515 g/mol. The smallest absolute Gasteiger partial charge is 0.345 e. The van der Waals surface area contributed by atoms with E-state index in [2.05, 4.69) is 20.2 Å². The fraction of sp³-hybridized carbons (Fsp3) is 0.429. The Morgan fingerprint density at radius 3 is 2.91 bits per heavy atom. The number of H-pyrrole nitrogens is 1. The molecule has 1 saturated heterocycles. The largest absolute Gasteiger partial charge is 0.462 e. The lowest BCUT2D eigenvalue weighted by molar-refractivity contribution is -0.119. The Labute approximate surface area is 205 Å². The highest BCUT2D eigenvalue weighted by Gasteiger charge is 2.21. The monoisotopic (exact) mass is 514 g/mol. The van der Waals surface area contributed by atoms with Crippen LogP contribution >= 0.6 is 35.0 Å². The van der Waals surface area contributed by atoms with Crippen LogP contribution < -0.4 is 10.9 Å². The number of ether oxygens (including phenoxy) is 2. The number of esters is 1. The molecule has 1 aliphatic heterocycles. The van der Waals surface area contributed by atoms with Crippen molar-refractivity contribution in [3.8, 4) is 0 Å². The first-order valence-electron chi connectivity index (χ1n) is 10.3. The molecule has 2 aromatic rings. The Kier molecular flexibility index (Phi) is 9.57. The van der Waals surface area contributed by atoms with E-state index >= 15 is 0 Å². The molecule has 0 radical (unpaired) electrons. The number of hydrogen-bond donors (Lipinski definition) is 2. The Morgan fingerprint density at radius 1 is 1.36 bits per heavy atom. The summed E-state index contributed by atoms with van der Waals surface area (Å²) < 4.78 is 10.5. The van der Waals surface area contributed by atoms with Crippen LogP contribution in [0.2, 0.25) is 10.0 Å². The number of amides is 1. The number of benzene rings is 1. The second-order valence-corrected chi connectivity index (χ2v) is 9.00. The van der Waals surface area contributed by atoms with Crippen LogP contribution in [0.4, 0.5) is 0 Å². The Balaban J connectivity index is 1.43. The number of morpholine rings is 1. The van der Waals surface area contributed by atoms with Crippen molar-refractivity contribution in [1.82, 2.24) is 20.2 Å². The molecule has 12 heteroatoms. The second-order valence-electron chi connectivity index (χ2n) is 7.22. The molecule has 1 aliphatic rings. The van der Waals surface area contributed by atoms with Gasteiger partial charge < -0.3 is 19.8 Å². The van der Waals surface area contributed by atoms with Crippen LogP contribution in [-0.4, -0.2) is 71.4 Å². The Bertz CT molecular complexity index is 1050. The zero-order valence-electron chi connectivity index (χ0n) is 17.9. The molecular formula is C21H24Cl2N4O5S.